The summed E-state index contributed by atoms with van der Waals surface area (Å²) in [5.41, 5.74) is 2.31. The van der Waals surface area contributed by atoms with E-state index >= 15 is 0 Å². The van der Waals surface area contributed by atoms with E-state index < -0.39 is 9.84 Å². The van der Waals surface area contributed by atoms with Gasteiger partial charge >= 0.3 is 0 Å². The molecular weight excluding hydrogens is 276 g/mol. The number of aromatic amines is 1. The fourth-order valence-corrected chi connectivity index (χ4v) is 4.35. The third-order valence-corrected chi connectivity index (χ3v) is 5.53. The molecule has 3 rings (SSSR count). The Morgan fingerprint density at radius 1 is 1.35 bits per heavy atom. The first-order valence-corrected chi connectivity index (χ1v) is 8.37. The third kappa shape index (κ3) is 2.31. The highest BCUT2D eigenvalue weighted by Crippen LogP contribution is 2.21. The highest BCUT2D eigenvalue weighted by molar-refractivity contribution is 7.91. The van der Waals surface area contributed by atoms with Crippen LogP contribution in [-0.4, -0.2) is 36.9 Å². The van der Waals surface area contributed by atoms with E-state index in [0.717, 1.165) is 16.5 Å². The first-order valence-electron chi connectivity index (χ1n) is 6.55. The third-order valence-electron chi connectivity index (χ3n) is 3.76. The fraction of sp³-hybridized carbons (Fsp3) is 0.357. The zero-order valence-corrected chi connectivity index (χ0v) is 12.0. The maximum atomic E-state index is 12.3. The zero-order valence-electron chi connectivity index (χ0n) is 11.1. The van der Waals surface area contributed by atoms with Crippen LogP contribution < -0.4 is 5.32 Å². The molecule has 1 aliphatic heterocycles. The fourth-order valence-electron chi connectivity index (χ4n) is 2.68. The second-order valence-electron chi connectivity index (χ2n) is 5.24. The van der Waals surface area contributed by atoms with Gasteiger partial charge in [0.15, 0.2) is 9.84 Å². The minimum atomic E-state index is -2.98. The Balaban J connectivity index is 1.84. The quantitative estimate of drug-likeness (QED) is 0.878. The van der Waals surface area contributed by atoms with Crippen molar-refractivity contribution in [2.24, 2.45) is 0 Å². The van der Waals surface area contributed by atoms with Crippen LogP contribution >= 0.6 is 0 Å². The molecule has 0 radical (unpaired) electrons. The molecule has 0 aliphatic carbocycles. The van der Waals surface area contributed by atoms with Crippen LogP contribution in [0.2, 0.25) is 0 Å². The average molecular weight is 292 g/mol. The van der Waals surface area contributed by atoms with E-state index in [9.17, 15) is 13.2 Å². The van der Waals surface area contributed by atoms with Crippen molar-refractivity contribution in [3.63, 3.8) is 0 Å². The van der Waals surface area contributed by atoms with Gasteiger partial charge in [0.2, 0.25) is 0 Å². The number of H-pyrrole nitrogens is 1. The largest absolute Gasteiger partial charge is 0.350 e. The van der Waals surface area contributed by atoms with Gasteiger partial charge in [-0.1, -0.05) is 18.2 Å². The Hall–Kier alpha value is -1.82. The Kier molecular flexibility index (Phi) is 3.05. The number of sulfone groups is 1. The summed E-state index contributed by atoms with van der Waals surface area (Å²) >= 11 is 0. The number of rotatable bonds is 2. The highest BCUT2D eigenvalue weighted by Gasteiger charge is 2.29. The molecule has 6 heteroatoms. The number of aromatic nitrogens is 1. The van der Waals surface area contributed by atoms with Crippen LogP contribution in [0.25, 0.3) is 10.9 Å². The average Bonchev–Trinajstić information content (AvgIpc) is 2.91. The smallest absolute Gasteiger partial charge is 0.268 e. The SMILES string of the molecule is Cc1c(C(=O)NC2CCS(=O)(=O)C2)[nH]c2ccccc12. The Labute approximate surface area is 117 Å². The van der Waals surface area contributed by atoms with Crippen molar-refractivity contribution in [2.45, 2.75) is 19.4 Å². The lowest BCUT2D eigenvalue weighted by atomic mass is 10.1. The molecule has 0 saturated carbocycles. The number of fused-ring (bicyclic) bond motifs is 1. The van der Waals surface area contributed by atoms with Gasteiger partial charge in [-0.3, -0.25) is 4.79 Å². The summed E-state index contributed by atoms with van der Waals surface area (Å²) in [6, 6.07) is 7.42. The number of hydrogen-bond acceptors (Lipinski definition) is 3. The van der Waals surface area contributed by atoms with Crippen molar-refractivity contribution in [3.05, 3.63) is 35.5 Å². The van der Waals surface area contributed by atoms with E-state index in [1.165, 1.54) is 0 Å². The van der Waals surface area contributed by atoms with Crippen LogP contribution in [0.5, 0.6) is 0 Å². The summed E-state index contributed by atoms with van der Waals surface area (Å²) in [7, 11) is -2.98. The van der Waals surface area contributed by atoms with E-state index in [1.807, 2.05) is 31.2 Å². The van der Waals surface area contributed by atoms with Gasteiger partial charge in [0.1, 0.15) is 5.69 Å². The molecule has 1 aromatic heterocycles. The van der Waals surface area contributed by atoms with Crippen LogP contribution in [-0.2, 0) is 9.84 Å². The molecule has 0 spiro atoms. The molecule has 5 nitrogen and oxygen atoms in total. The highest BCUT2D eigenvalue weighted by atomic mass is 32.2. The van der Waals surface area contributed by atoms with Gasteiger partial charge in [0.25, 0.3) is 5.91 Å². The second kappa shape index (κ2) is 4.63. The second-order valence-corrected chi connectivity index (χ2v) is 7.47. The van der Waals surface area contributed by atoms with Crippen LogP contribution in [0.1, 0.15) is 22.5 Å². The Bertz CT molecular complexity index is 777. The molecule has 0 bridgehead atoms. The van der Waals surface area contributed by atoms with Gasteiger partial charge in [0, 0.05) is 16.9 Å². The molecule has 1 saturated heterocycles. The molecule has 1 aromatic carbocycles. The molecule has 2 N–H and O–H groups in total. The number of para-hydroxylation sites is 1. The normalized spacial score (nSPS) is 21.1. The lowest BCUT2D eigenvalue weighted by molar-refractivity contribution is 0.0936. The lowest BCUT2D eigenvalue weighted by Gasteiger charge is -2.10. The number of carbonyl (C=O) groups excluding carboxylic acids is 1. The van der Waals surface area contributed by atoms with Crippen LogP contribution in [0, 0.1) is 6.92 Å². The molecule has 2 heterocycles. The number of carbonyl (C=O) groups is 1. The minimum absolute atomic E-state index is 0.0397. The van der Waals surface area contributed by atoms with Crippen molar-refractivity contribution in [1.82, 2.24) is 10.3 Å². The molecule has 20 heavy (non-hydrogen) atoms. The van der Waals surface area contributed by atoms with Gasteiger partial charge < -0.3 is 10.3 Å². The maximum absolute atomic E-state index is 12.3. The maximum Gasteiger partial charge on any atom is 0.268 e. The van der Waals surface area contributed by atoms with Gasteiger partial charge in [-0.25, -0.2) is 8.42 Å². The topological polar surface area (TPSA) is 79.0 Å². The molecule has 1 atom stereocenters. The predicted octanol–water partition coefficient (Wildman–Crippen LogP) is 1.39. The molecule has 2 aromatic rings. The summed E-state index contributed by atoms with van der Waals surface area (Å²) in [6.07, 6.45) is 0.493. The van der Waals surface area contributed by atoms with E-state index in [4.69, 9.17) is 0 Å². The van der Waals surface area contributed by atoms with Crippen molar-refractivity contribution >= 4 is 26.6 Å². The van der Waals surface area contributed by atoms with Gasteiger partial charge in [-0.15, -0.1) is 0 Å². The predicted molar refractivity (Wildman–Crippen MR) is 77.6 cm³/mol. The number of amides is 1. The van der Waals surface area contributed by atoms with Crippen molar-refractivity contribution in [2.75, 3.05) is 11.5 Å². The van der Waals surface area contributed by atoms with Crippen molar-refractivity contribution < 1.29 is 13.2 Å². The van der Waals surface area contributed by atoms with Crippen LogP contribution in [0.3, 0.4) is 0 Å². The first kappa shape index (κ1) is 13.2. The van der Waals surface area contributed by atoms with Gasteiger partial charge in [0.05, 0.1) is 11.5 Å². The molecule has 1 fully saturated rings. The van der Waals surface area contributed by atoms with Crippen LogP contribution in [0.15, 0.2) is 24.3 Å². The Morgan fingerprint density at radius 2 is 2.10 bits per heavy atom. The monoisotopic (exact) mass is 292 g/mol. The number of aryl methyl sites for hydroxylation is 1. The minimum Gasteiger partial charge on any atom is -0.350 e. The van der Waals surface area contributed by atoms with E-state index in [2.05, 4.69) is 10.3 Å². The molecule has 1 aliphatic rings. The first-order chi connectivity index (χ1) is 9.46. The molecule has 106 valence electrons. The van der Waals surface area contributed by atoms with Gasteiger partial charge in [-0.05, 0) is 25.0 Å². The van der Waals surface area contributed by atoms with Gasteiger partial charge in [-0.2, -0.15) is 0 Å². The molecule has 1 amide bonds. The Morgan fingerprint density at radius 3 is 2.75 bits per heavy atom. The number of benzene rings is 1. The van der Waals surface area contributed by atoms with E-state index in [0.29, 0.717) is 12.1 Å². The summed E-state index contributed by atoms with van der Waals surface area (Å²) in [5.74, 6) is -0.0393. The van der Waals surface area contributed by atoms with E-state index in [-0.39, 0.29) is 23.5 Å². The number of hydrogen-bond donors (Lipinski definition) is 2. The summed E-state index contributed by atoms with van der Waals surface area (Å²) in [4.78, 5) is 15.4. The summed E-state index contributed by atoms with van der Waals surface area (Å²) in [6.45, 7) is 1.89. The van der Waals surface area contributed by atoms with Crippen molar-refractivity contribution in [3.8, 4) is 0 Å². The standard InChI is InChI=1S/C14H16N2O3S/c1-9-11-4-2-3-5-12(11)16-13(9)14(17)15-10-6-7-20(18,19)8-10/h2-5,10,16H,6-8H2,1H3,(H,15,17). The zero-order chi connectivity index (χ0) is 14.3. The van der Waals surface area contributed by atoms with Crippen LogP contribution in [0.4, 0.5) is 0 Å². The molecular formula is C14H16N2O3S. The molecule has 1 unspecified atom stereocenters. The number of nitrogens with one attached hydrogen (secondary N) is 2. The lowest BCUT2D eigenvalue weighted by Crippen LogP contribution is -2.36. The summed E-state index contributed by atoms with van der Waals surface area (Å²) < 4.78 is 22.8. The van der Waals surface area contributed by atoms with E-state index in [1.54, 1.807) is 0 Å². The van der Waals surface area contributed by atoms with Crippen molar-refractivity contribution in [1.29, 1.82) is 0 Å². The summed E-state index contributed by atoms with van der Waals surface area (Å²) in [5, 5.41) is 3.81.